The predicted molar refractivity (Wildman–Crippen MR) is 159 cm³/mol. The fraction of sp³-hybridized carbons (Fsp3) is 0.333. The molecule has 2 aromatic carbocycles. The van der Waals surface area contributed by atoms with E-state index in [0.717, 1.165) is 58.5 Å². The van der Waals surface area contributed by atoms with Gasteiger partial charge in [-0.1, -0.05) is 46.9 Å². The fourth-order valence-corrected chi connectivity index (χ4v) is 5.85. The lowest BCUT2D eigenvalue weighted by atomic mass is 10.1. The second-order valence-corrected chi connectivity index (χ2v) is 10.7. The molecule has 206 valence electrons. The van der Waals surface area contributed by atoms with E-state index in [1.165, 1.54) is 0 Å². The molecule has 0 aliphatic carbocycles. The van der Waals surface area contributed by atoms with Crippen LogP contribution >= 0.6 is 27.5 Å². The second kappa shape index (κ2) is 12.9. The first-order valence-corrected chi connectivity index (χ1v) is 14.1. The largest absolute Gasteiger partial charge is 0.496 e. The summed E-state index contributed by atoms with van der Waals surface area (Å²) in [5.41, 5.74) is 4.28. The number of methoxy groups -OCH3 is 3. The van der Waals surface area contributed by atoms with Gasteiger partial charge < -0.3 is 18.6 Å². The molecule has 1 amide bonds. The van der Waals surface area contributed by atoms with Gasteiger partial charge in [0, 0.05) is 28.7 Å². The van der Waals surface area contributed by atoms with Gasteiger partial charge in [-0.15, -0.1) is 0 Å². The summed E-state index contributed by atoms with van der Waals surface area (Å²) in [6.07, 6.45) is 6.42. The van der Waals surface area contributed by atoms with Crippen LogP contribution in [0.1, 0.15) is 43.1 Å². The highest BCUT2D eigenvalue weighted by Crippen LogP contribution is 2.44. The first kappa shape index (κ1) is 28.9. The van der Waals surface area contributed by atoms with Crippen LogP contribution in [0, 0.1) is 0 Å². The van der Waals surface area contributed by atoms with Crippen LogP contribution in [0.3, 0.4) is 0 Å². The molecule has 4 rings (SSSR count). The third-order valence-corrected chi connectivity index (χ3v) is 7.91. The molecule has 2 heterocycles. The molecule has 0 saturated heterocycles. The molecule has 0 N–H and O–H groups in total. The number of nitrogens with zero attached hydrogens (tertiary/aromatic N) is 3. The van der Waals surface area contributed by atoms with Gasteiger partial charge in [-0.2, -0.15) is 0 Å². The van der Waals surface area contributed by atoms with E-state index in [9.17, 15) is 4.79 Å². The van der Waals surface area contributed by atoms with E-state index < -0.39 is 0 Å². The molecule has 1 unspecified atom stereocenters. The number of aromatic nitrogens is 2. The molecule has 0 saturated carbocycles. The van der Waals surface area contributed by atoms with Crippen molar-refractivity contribution in [3.8, 4) is 17.2 Å². The van der Waals surface area contributed by atoms with Crippen molar-refractivity contribution in [1.82, 2.24) is 13.9 Å². The van der Waals surface area contributed by atoms with Crippen LogP contribution in [0.25, 0.3) is 5.65 Å². The van der Waals surface area contributed by atoms with Gasteiger partial charge in [0.2, 0.25) is 0 Å². The third kappa shape index (κ3) is 5.93. The maximum atomic E-state index is 13.1. The van der Waals surface area contributed by atoms with Crippen molar-refractivity contribution >= 4 is 45.3 Å². The van der Waals surface area contributed by atoms with Crippen molar-refractivity contribution < 1.29 is 19.0 Å². The first-order valence-electron chi connectivity index (χ1n) is 12.9. The number of pyridine rings is 1. The molecule has 4 aromatic rings. The van der Waals surface area contributed by atoms with Gasteiger partial charge in [-0.3, -0.25) is 0 Å². The number of fused-ring (bicyclic) bond motifs is 1. The summed E-state index contributed by atoms with van der Waals surface area (Å²) in [5.74, 6) is 1.71. The molecule has 0 bridgehead atoms. The molecule has 7 nitrogen and oxygen atoms in total. The highest BCUT2D eigenvalue weighted by atomic mass is 79.9. The van der Waals surface area contributed by atoms with Gasteiger partial charge in [-0.25, -0.2) is 14.3 Å². The Kier molecular flexibility index (Phi) is 9.53. The van der Waals surface area contributed by atoms with Gasteiger partial charge >= 0.3 is 6.41 Å². The van der Waals surface area contributed by atoms with Crippen LogP contribution in [0.5, 0.6) is 17.2 Å². The third-order valence-electron chi connectivity index (χ3n) is 7.05. The molecule has 0 aliphatic heterocycles. The second-order valence-electron chi connectivity index (χ2n) is 9.43. The maximum absolute atomic E-state index is 13.1. The summed E-state index contributed by atoms with van der Waals surface area (Å²) in [7, 11) is 4.78. The van der Waals surface area contributed by atoms with Crippen molar-refractivity contribution in [1.29, 1.82) is 0 Å². The van der Waals surface area contributed by atoms with Crippen molar-refractivity contribution in [2.45, 2.75) is 39.2 Å². The minimum atomic E-state index is -0.0221. The Morgan fingerprint density at radius 3 is 2.49 bits per heavy atom. The summed E-state index contributed by atoms with van der Waals surface area (Å²) in [4.78, 5) is 18.2. The number of unbranched alkanes of at least 4 members (excludes halogenated alkanes) is 2. The molecule has 2 aromatic heterocycles. The normalized spacial score (nSPS) is 12.8. The highest BCUT2D eigenvalue weighted by Gasteiger charge is 2.37. The Morgan fingerprint density at radius 2 is 1.79 bits per heavy atom. The number of halogens is 2. The van der Waals surface area contributed by atoms with Crippen molar-refractivity contribution in [2.75, 3.05) is 27.9 Å². The lowest BCUT2D eigenvalue weighted by Crippen LogP contribution is -2.48. The van der Waals surface area contributed by atoms with Crippen molar-refractivity contribution in [3.63, 3.8) is 0 Å². The van der Waals surface area contributed by atoms with Crippen LogP contribution in [0.15, 0.2) is 59.2 Å². The summed E-state index contributed by atoms with van der Waals surface area (Å²) in [6, 6.07) is 15.5. The minimum Gasteiger partial charge on any atom is -0.496 e. The van der Waals surface area contributed by atoms with E-state index in [1.807, 2.05) is 42.6 Å². The minimum absolute atomic E-state index is 0.0221. The Labute approximate surface area is 243 Å². The lowest BCUT2D eigenvalue weighted by Gasteiger charge is -2.32. The predicted octanol–water partition coefficient (Wildman–Crippen LogP) is 7.22. The van der Waals surface area contributed by atoms with E-state index in [-0.39, 0.29) is 4.48 Å². The van der Waals surface area contributed by atoms with E-state index in [1.54, 1.807) is 27.4 Å². The van der Waals surface area contributed by atoms with Gasteiger partial charge in [-0.05, 0) is 49.2 Å². The molecular formula is C30H34BrClN3O4+. The maximum Gasteiger partial charge on any atom is 0.306 e. The lowest BCUT2D eigenvalue weighted by molar-refractivity contribution is -0.118. The molecular weight excluding hydrogens is 582 g/mol. The Hall–Kier alpha value is -3.07. The summed E-state index contributed by atoms with van der Waals surface area (Å²) in [6.45, 7) is 3.04. The highest BCUT2D eigenvalue weighted by molar-refractivity contribution is 9.10. The van der Waals surface area contributed by atoms with Gasteiger partial charge in [0.25, 0.3) is 0 Å². The molecule has 0 spiro atoms. The smallest absolute Gasteiger partial charge is 0.306 e. The molecule has 0 aliphatic rings. The topological polar surface area (TPSA) is 62.1 Å². The average molecular weight is 616 g/mol. The molecule has 1 atom stereocenters. The standard InChI is InChI=1S/C30H34BrClN3O4/c1-5-6-9-16-35(20-36,25-12-14-27(38-3)30(39-4)29(25)32)19-23-24(34-15-8-7-10-28(34)33-23)18-21-17-22(31)11-13-26(21)37-2/h7-8,10-15,17,20H,5-6,9,16,18-19H2,1-4H3/q+1. The fourth-order valence-electron chi connectivity index (χ4n) is 5.04. The van der Waals surface area contributed by atoms with Crippen LogP contribution in [-0.2, 0) is 17.8 Å². The van der Waals surface area contributed by atoms with E-state index in [4.69, 9.17) is 30.8 Å². The summed E-state index contributed by atoms with van der Waals surface area (Å²) in [5, 5.41) is 0.361. The Balaban J connectivity index is 1.89. The number of ether oxygens (including phenoxy) is 3. The van der Waals surface area contributed by atoms with Gasteiger partial charge in [0.1, 0.15) is 28.7 Å². The zero-order valence-corrected chi connectivity index (χ0v) is 25.1. The van der Waals surface area contributed by atoms with Crippen LogP contribution < -0.4 is 18.7 Å². The number of imidazole rings is 1. The van der Waals surface area contributed by atoms with Gasteiger partial charge in [0.15, 0.2) is 17.2 Å². The quantitative estimate of drug-likeness (QED) is 0.0903. The molecule has 9 heteroatoms. The molecule has 0 radical (unpaired) electrons. The van der Waals surface area contributed by atoms with E-state index in [0.29, 0.717) is 41.7 Å². The Bertz CT molecular complexity index is 1460. The zero-order chi connectivity index (χ0) is 28.0. The number of carbonyl (C=O) groups excluding carboxylic acids is 1. The van der Waals surface area contributed by atoms with Crippen molar-refractivity contribution in [2.24, 2.45) is 0 Å². The number of hydrogen-bond donors (Lipinski definition) is 0. The average Bonchev–Trinajstić information content (AvgIpc) is 3.28. The molecule has 0 fully saturated rings. The number of benzene rings is 2. The summed E-state index contributed by atoms with van der Waals surface area (Å²) < 4.78 is 19.7. The zero-order valence-electron chi connectivity index (χ0n) is 22.7. The number of amides is 1. The summed E-state index contributed by atoms with van der Waals surface area (Å²) >= 11 is 10.5. The Morgan fingerprint density at radius 1 is 1.03 bits per heavy atom. The van der Waals surface area contributed by atoms with Crippen LogP contribution in [-0.4, -0.2) is 43.7 Å². The first-order chi connectivity index (χ1) is 18.9. The SMILES string of the molecule is CCCCC[N+](C=O)(Cc1nc2ccccn2c1Cc1cc(Br)ccc1OC)c1ccc(OC)c(OC)c1Cl. The van der Waals surface area contributed by atoms with E-state index in [2.05, 4.69) is 33.3 Å². The van der Waals surface area contributed by atoms with Gasteiger partial charge in [0.05, 0.1) is 33.6 Å². The van der Waals surface area contributed by atoms with Crippen LogP contribution in [0.2, 0.25) is 5.02 Å². The molecule has 39 heavy (non-hydrogen) atoms. The number of carbonyl (C=O) groups is 1. The number of quaternary nitrogens is 1. The van der Waals surface area contributed by atoms with Crippen LogP contribution in [0.4, 0.5) is 5.69 Å². The van der Waals surface area contributed by atoms with E-state index >= 15 is 0 Å². The number of rotatable bonds is 13. The van der Waals surface area contributed by atoms with Crippen molar-refractivity contribution in [3.05, 3.63) is 81.2 Å². The number of hydrogen-bond acceptors (Lipinski definition) is 5. The monoisotopic (exact) mass is 614 g/mol.